The van der Waals surface area contributed by atoms with Gasteiger partial charge < -0.3 is 10.1 Å². The summed E-state index contributed by atoms with van der Waals surface area (Å²) < 4.78 is 18.6. The number of nitrogens with one attached hydrogen (secondary N) is 1. The van der Waals surface area contributed by atoms with Crippen LogP contribution >= 0.6 is 0 Å². The molecule has 1 aliphatic rings. The van der Waals surface area contributed by atoms with E-state index in [0.717, 1.165) is 18.5 Å². The molecule has 3 rings (SSSR count). The Labute approximate surface area is 125 Å². The van der Waals surface area contributed by atoms with Crippen molar-refractivity contribution < 1.29 is 9.13 Å². The molecule has 0 spiro atoms. The van der Waals surface area contributed by atoms with E-state index in [2.05, 4.69) is 36.5 Å². The van der Waals surface area contributed by atoms with Crippen molar-refractivity contribution in [2.45, 2.75) is 31.7 Å². The standard InChI is InChI=1S/C18H20FNO/c1-12-4-3-5-13(8-12)14-9-16(10-14)20-15-6-7-18(21-2)17(19)11-15/h3-8,11,14,16,20H,9-10H2,1-2H3. The van der Waals surface area contributed by atoms with E-state index in [4.69, 9.17) is 4.74 Å². The fourth-order valence-electron chi connectivity index (χ4n) is 2.92. The van der Waals surface area contributed by atoms with Crippen LogP contribution in [0.4, 0.5) is 10.1 Å². The van der Waals surface area contributed by atoms with Crippen molar-refractivity contribution in [1.29, 1.82) is 0 Å². The van der Waals surface area contributed by atoms with Crippen LogP contribution in [0, 0.1) is 12.7 Å². The Morgan fingerprint density at radius 2 is 1.95 bits per heavy atom. The number of methoxy groups -OCH3 is 1. The first-order valence-electron chi connectivity index (χ1n) is 7.32. The molecule has 110 valence electrons. The molecule has 2 aromatic rings. The maximum atomic E-state index is 13.6. The van der Waals surface area contributed by atoms with Crippen LogP contribution in [0.15, 0.2) is 42.5 Å². The third kappa shape index (κ3) is 3.02. The quantitative estimate of drug-likeness (QED) is 0.893. The Kier molecular flexibility index (Phi) is 3.82. The Bertz CT molecular complexity index is 635. The highest BCUT2D eigenvalue weighted by Gasteiger charge is 2.30. The van der Waals surface area contributed by atoms with E-state index in [1.54, 1.807) is 6.07 Å². The number of ether oxygens (including phenoxy) is 1. The number of anilines is 1. The lowest BCUT2D eigenvalue weighted by atomic mass is 9.75. The van der Waals surface area contributed by atoms with Gasteiger partial charge in [0.05, 0.1) is 7.11 Å². The molecule has 0 amide bonds. The number of benzene rings is 2. The minimum Gasteiger partial charge on any atom is -0.494 e. The molecule has 0 bridgehead atoms. The molecule has 0 radical (unpaired) electrons. The molecular formula is C18H20FNO. The van der Waals surface area contributed by atoms with E-state index in [-0.39, 0.29) is 11.6 Å². The van der Waals surface area contributed by atoms with Crippen LogP contribution in [0.2, 0.25) is 0 Å². The summed E-state index contributed by atoms with van der Waals surface area (Å²) in [7, 11) is 1.48. The minimum absolute atomic E-state index is 0.284. The largest absolute Gasteiger partial charge is 0.494 e. The molecular weight excluding hydrogens is 265 g/mol. The van der Waals surface area contributed by atoms with Gasteiger partial charge in [0.1, 0.15) is 0 Å². The molecule has 0 atom stereocenters. The minimum atomic E-state index is -0.322. The van der Waals surface area contributed by atoms with Gasteiger partial charge in [-0.25, -0.2) is 4.39 Å². The third-order valence-corrected chi connectivity index (χ3v) is 4.17. The second-order valence-corrected chi connectivity index (χ2v) is 5.77. The van der Waals surface area contributed by atoms with Crippen LogP contribution in [-0.2, 0) is 0 Å². The van der Waals surface area contributed by atoms with Gasteiger partial charge in [0.25, 0.3) is 0 Å². The van der Waals surface area contributed by atoms with E-state index in [1.165, 1.54) is 24.3 Å². The van der Waals surface area contributed by atoms with E-state index >= 15 is 0 Å². The molecule has 2 nitrogen and oxygen atoms in total. The second kappa shape index (κ2) is 5.76. The zero-order valence-corrected chi connectivity index (χ0v) is 12.4. The summed E-state index contributed by atoms with van der Waals surface area (Å²) in [4.78, 5) is 0. The van der Waals surface area contributed by atoms with Gasteiger partial charge in [-0.3, -0.25) is 0 Å². The Balaban J connectivity index is 1.58. The topological polar surface area (TPSA) is 21.3 Å². The smallest absolute Gasteiger partial charge is 0.167 e. The molecule has 1 aliphatic carbocycles. The summed E-state index contributed by atoms with van der Waals surface area (Å²) in [6.45, 7) is 2.12. The number of aryl methyl sites for hydroxylation is 1. The van der Waals surface area contributed by atoms with Crippen molar-refractivity contribution in [1.82, 2.24) is 0 Å². The summed E-state index contributed by atoms with van der Waals surface area (Å²) in [6, 6.07) is 14.1. The van der Waals surface area contributed by atoms with Gasteiger partial charge >= 0.3 is 0 Å². The van der Waals surface area contributed by atoms with Gasteiger partial charge in [-0.05, 0) is 43.4 Å². The number of rotatable bonds is 4. The SMILES string of the molecule is COc1ccc(NC2CC(c3cccc(C)c3)C2)cc1F. The van der Waals surface area contributed by atoms with E-state index in [0.29, 0.717) is 12.0 Å². The Morgan fingerprint density at radius 1 is 1.14 bits per heavy atom. The van der Waals surface area contributed by atoms with Gasteiger partial charge in [0.15, 0.2) is 11.6 Å². The zero-order chi connectivity index (χ0) is 14.8. The van der Waals surface area contributed by atoms with Crippen molar-refractivity contribution in [3.63, 3.8) is 0 Å². The zero-order valence-electron chi connectivity index (χ0n) is 12.4. The third-order valence-electron chi connectivity index (χ3n) is 4.17. The molecule has 0 aromatic heterocycles. The summed E-state index contributed by atoms with van der Waals surface area (Å²) >= 11 is 0. The van der Waals surface area contributed by atoms with Crippen LogP contribution in [0.25, 0.3) is 0 Å². The molecule has 3 heteroatoms. The molecule has 2 aromatic carbocycles. The van der Waals surface area contributed by atoms with Gasteiger partial charge in [-0.15, -0.1) is 0 Å². The van der Waals surface area contributed by atoms with Gasteiger partial charge in [0, 0.05) is 17.8 Å². The molecule has 0 aliphatic heterocycles. The molecule has 1 N–H and O–H groups in total. The van der Waals surface area contributed by atoms with E-state index in [9.17, 15) is 4.39 Å². The summed E-state index contributed by atoms with van der Waals surface area (Å²) in [5, 5.41) is 3.39. The molecule has 0 unspecified atom stereocenters. The highest BCUT2D eigenvalue weighted by molar-refractivity contribution is 5.48. The van der Waals surface area contributed by atoms with Crippen molar-refractivity contribution in [2.75, 3.05) is 12.4 Å². The maximum absolute atomic E-state index is 13.6. The predicted octanol–water partition coefficient (Wildman–Crippen LogP) is 4.50. The van der Waals surface area contributed by atoms with Crippen molar-refractivity contribution in [3.05, 3.63) is 59.4 Å². The summed E-state index contributed by atoms with van der Waals surface area (Å²) in [5.74, 6) is 0.578. The lowest BCUT2D eigenvalue weighted by Crippen LogP contribution is -2.34. The first-order valence-corrected chi connectivity index (χ1v) is 7.32. The molecule has 1 saturated carbocycles. The highest BCUT2D eigenvalue weighted by Crippen LogP contribution is 2.39. The molecule has 0 heterocycles. The van der Waals surface area contributed by atoms with Crippen LogP contribution < -0.4 is 10.1 Å². The molecule has 0 saturated heterocycles. The van der Waals surface area contributed by atoms with Crippen LogP contribution in [0.3, 0.4) is 0 Å². The van der Waals surface area contributed by atoms with Crippen molar-refractivity contribution in [3.8, 4) is 5.75 Å². The second-order valence-electron chi connectivity index (χ2n) is 5.77. The Morgan fingerprint density at radius 3 is 2.62 bits per heavy atom. The lowest BCUT2D eigenvalue weighted by Gasteiger charge is -2.37. The first kappa shape index (κ1) is 13.9. The van der Waals surface area contributed by atoms with Gasteiger partial charge in [-0.1, -0.05) is 29.8 Å². The normalized spacial score (nSPS) is 20.7. The van der Waals surface area contributed by atoms with Crippen LogP contribution in [0.1, 0.15) is 29.9 Å². The fourth-order valence-corrected chi connectivity index (χ4v) is 2.92. The first-order chi connectivity index (χ1) is 10.2. The molecule has 21 heavy (non-hydrogen) atoms. The van der Waals surface area contributed by atoms with Gasteiger partial charge in [-0.2, -0.15) is 0 Å². The number of halogens is 1. The van der Waals surface area contributed by atoms with Crippen LogP contribution in [-0.4, -0.2) is 13.2 Å². The maximum Gasteiger partial charge on any atom is 0.167 e. The summed E-state index contributed by atoms with van der Waals surface area (Å²) in [5.41, 5.74) is 3.54. The molecule has 1 fully saturated rings. The summed E-state index contributed by atoms with van der Waals surface area (Å²) in [6.07, 6.45) is 2.19. The van der Waals surface area contributed by atoms with E-state index in [1.807, 2.05) is 6.07 Å². The Hall–Kier alpha value is -2.03. The predicted molar refractivity (Wildman–Crippen MR) is 83.5 cm³/mol. The van der Waals surface area contributed by atoms with E-state index < -0.39 is 0 Å². The highest BCUT2D eigenvalue weighted by atomic mass is 19.1. The lowest BCUT2D eigenvalue weighted by molar-refractivity contribution is 0.373. The fraction of sp³-hybridized carbons (Fsp3) is 0.333. The van der Waals surface area contributed by atoms with Gasteiger partial charge in [0.2, 0.25) is 0 Å². The average Bonchev–Trinajstić information content (AvgIpc) is 2.42. The van der Waals surface area contributed by atoms with Crippen molar-refractivity contribution >= 4 is 5.69 Å². The average molecular weight is 285 g/mol. The van der Waals surface area contributed by atoms with Crippen molar-refractivity contribution in [2.24, 2.45) is 0 Å². The number of hydrogen-bond acceptors (Lipinski definition) is 2. The monoisotopic (exact) mass is 285 g/mol. The van der Waals surface area contributed by atoms with Crippen LogP contribution in [0.5, 0.6) is 5.75 Å². The number of hydrogen-bond donors (Lipinski definition) is 1.